The fourth-order valence-electron chi connectivity index (χ4n) is 2.51. The van der Waals surface area contributed by atoms with Crippen LogP contribution in [0.1, 0.15) is 27.1 Å². The summed E-state index contributed by atoms with van der Waals surface area (Å²) >= 11 is 0. The number of hydrogen-bond donors (Lipinski definition) is 3. The summed E-state index contributed by atoms with van der Waals surface area (Å²) in [7, 11) is 5.48. The smallest absolute Gasteiger partial charge is 0.259 e. The fraction of sp³-hybridized carbons (Fsp3) is 0.300. The minimum atomic E-state index is -0.333. The Hall–Kier alpha value is -3.06. The van der Waals surface area contributed by atoms with E-state index in [-0.39, 0.29) is 11.8 Å². The van der Waals surface area contributed by atoms with Crippen molar-refractivity contribution in [2.24, 2.45) is 0 Å². The molecule has 2 aromatic rings. The molecule has 0 saturated heterocycles. The van der Waals surface area contributed by atoms with Crippen LogP contribution in [0.25, 0.3) is 0 Å². The zero-order valence-electron chi connectivity index (χ0n) is 15.9. The van der Waals surface area contributed by atoms with E-state index in [0.29, 0.717) is 34.8 Å². The molecule has 0 aromatic heterocycles. The summed E-state index contributed by atoms with van der Waals surface area (Å²) in [5, 5.41) is 5.66. The highest BCUT2D eigenvalue weighted by atomic mass is 16.5. The summed E-state index contributed by atoms with van der Waals surface area (Å²) in [4.78, 5) is 26.7. The van der Waals surface area contributed by atoms with Gasteiger partial charge in [-0.3, -0.25) is 9.59 Å². The van der Waals surface area contributed by atoms with Crippen molar-refractivity contribution in [2.75, 3.05) is 45.3 Å². The van der Waals surface area contributed by atoms with Gasteiger partial charge in [0.1, 0.15) is 5.75 Å². The lowest BCUT2D eigenvalue weighted by Gasteiger charge is -2.11. The lowest BCUT2D eigenvalue weighted by atomic mass is 10.1. The molecule has 0 heterocycles. The zero-order chi connectivity index (χ0) is 19.8. The number of ether oxygens (including phenoxy) is 1. The highest BCUT2D eigenvalue weighted by molar-refractivity contribution is 6.07. The minimum Gasteiger partial charge on any atom is -0.496 e. The first-order chi connectivity index (χ1) is 12.9. The van der Waals surface area contributed by atoms with Crippen molar-refractivity contribution >= 4 is 23.2 Å². The van der Waals surface area contributed by atoms with Crippen LogP contribution in [0.3, 0.4) is 0 Å². The fourth-order valence-corrected chi connectivity index (χ4v) is 2.51. The predicted molar refractivity (Wildman–Crippen MR) is 107 cm³/mol. The third-order valence-electron chi connectivity index (χ3n) is 3.94. The van der Waals surface area contributed by atoms with Gasteiger partial charge in [-0.2, -0.15) is 0 Å². The lowest BCUT2D eigenvalue weighted by molar-refractivity contribution is 0.0951. The van der Waals surface area contributed by atoms with Gasteiger partial charge in [0.2, 0.25) is 0 Å². The van der Waals surface area contributed by atoms with Crippen LogP contribution in [0.2, 0.25) is 0 Å². The van der Waals surface area contributed by atoms with E-state index < -0.39 is 0 Å². The molecule has 0 atom stereocenters. The summed E-state index contributed by atoms with van der Waals surface area (Å²) < 4.78 is 5.20. The van der Waals surface area contributed by atoms with Gasteiger partial charge < -0.3 is 26.0 Å². The Morgan fingerprint density at radius 1 is 1.07 bits per heavy atom. The number of nitrogens with zero attached hydrogens (tertiary/aromatic N) is 1. The maximum atomic E-state index is 12.5. The average molecular weight is 370 g/mol. The van der Waals surface area contributed by atoms with Gasteiger partial charge in [0.25, 0.3) is 11.8 Å². The molecule has 0 aliphatic heterocycles. The lowest BCUT2D eigenvalue weighted by Crippen LogP contribution is -2.27. The standard InChI is InChI=1S/C20H26N4O3/c1-24(2)12-4-11-22-19(25)14-5-8-16(9-6-14)23-20(26)17-13-15(21)7-10-18(17)27-3/h5-10,13H,4,11-12,21H2,1-3H3,(H,22,25)(H,23,26). The van der Waals surface area contributed by atoms with Crippen molar-refractivity contribution < 1.29 is 14.3 Å². The van der Waals surface area contributed by atoms with Gasteiger partial charge in [-0.25, -0.2) is 0 Å². The molecule has 0 radical (unpaired) electrons. The number of amides is 2. The van der Waals surface area contributed by atoms with Crippen LogP contribution < -0.4 is 21.1 Å². The topological polar surface area (TPSA) is 96.7 Å². The second-order valence-electron chi connectivity index (χ2n) is 6.40. The molecule has 0 spiro atoms. The van der Waals surface area contributed by atoms with Crippen molar-refractivity contribution in [2.45, 2.75) is 6.42 Å². The maximum absolute atomic E-state index is 12.5. The van der Waals surface area contributed by atoms with E-state index in [1.807, 2.05) is 14.1 Å². The van der Waals surface area contributed by atoms with Crippen molar-refractivity contribution in [3.05, 3.63) is 53.6 Å². The number of anilines is 2. The molecule has 7 heteroatoms. The van der Waals surface area contributed by atoms with Crippen molar-refractivity contribution in [3.63, 3.8) is 0 Å². The van der Waals surface area contributed by atoms with Gasteiger partial charge in [0.05, 0.1) is 12.7 Å². The van der Waals surface area contributed by atoms with Crippen LogP contribution in [-0.4, -0.2) is 51.0 Å². The van der Waals surface area contributed by atoms with Gasteiger partial charge in [0, 0.05) is 23.5 Å². The normalized spacial score (nSPS) is 10.5. The maximum Gasteiger partial charge on any atom is 0.259 e. The van der Waals surface area contributed by atoms with Crippen LogP contribution in [0, 0.1) is 0 Å². The molecule has 2 rings (SSSR count). The molecule has 0 fully saturated rings. The molecule has 0 unspecified atom stereocenters. The van der Waals surface area contributed by atoms with E-state index in [0.717, 1.165) is 13.0 Å². The first-order valence-electron chi connectivity index (χ1n) is 8.68. The van der Waals surface area contributed by atoms with E-state index in [1.165, 1.54) is 7.11 Å². The highest BCUT2D eigenvalue weighted by Gasteiger charge is 2.13. The summed E-state index contributed by atoms with van der Waals surface area (Å²) in [6.45, 7) is 1.53. The van der Waals surface area contributed by atoms with Gasteiger partial charge in [0.15, 0.2) is 0 Å². The van der Waals surface area contributed by atoms with E-state index in [1.54, 1.807) is 42.5 Å². The summed E-state index contributed by atoms with van der Waals surface area (Å²) in [5.74, 6) is -0.0282. The van der Waals surface area contributed by atoms with Crippen molar-refractivity contribution in [1.29, 1.82) is 0 Å². The first kappa shape index (κ1) is 20.3. The Morgan fingerprint density at radius 2 is 1.78 bits per heavy atom. The molecule has 0 aliphatic carbocycles. The van der Waals surface area contributed by atoms with Crippen LogP contribution in [0.5, 0.6) is 5.75 Å². The molecular weight excluding hydrogens is 344 g/mol. The second kappa shape index (κ2) is 9.59. The number of methoxy groups -OCH3 is 1. The van der Waals surface area contributed by atoms with Crippen LogP contribution in [-0.2, 0) is 0 Å². The van der Waals surface area contributed by atoms with Gasteiger partial charge in [-0.15, -0.1) is 0 Å². The van der Waals surface area contributed by atoms with Gasteiger partial charge in [-0.1, -0.05) is 0 Å². The predicted octanol–water partition coefficient (Wildman–Crippen LogP) is 2.21. The van der Waals surface area contributed by atoms with E-state index in [9.17, 15) is 9.59 Å². The third kappa shape index (κ3) is 6.00. The molecule has 0 bridgehead atoms. The molecule has 0 saturated carbocycles. The Morgan fingerprint density at radius 3 is 2.41 bits per heavy atom. The molecule has 2 aromatic carbocycles. The Kier molecular flexibility index (Phi) is 7.19. The van der Waals surface area contributed by atoms with Crippen LogP contribution in [0.15, 0.2) is 42.5 Å². The van der Waals surface area contributed by atoms with Crippen molar-refractivity contribution in [1.82, 2.24) is 10.2 Å². The molecule has 4 N–H and O–H groups in total. The largest absolute Gasteiger partial charge is 0.496 e. The van der Waals surface area contributed by atoms with Crippen LogP contribution >= 0.6 is 0 Å². The summed E-state index contributed by atoms with van der Waals surface area (Å²) in [5.41, 5.74) is 7.69. The summed E-state index contributed by atoms with van der Waals surface area (Å²) in [6, 6.07) is 11.6. The Bertz CT molecular complexity index is 788. The number of carbonyl (C=O) groups excluding carboxylic acids is 2. The SMILES string of the molecule is COc1ccc(N)cc1C(=O)Nc1ccc(C(=O)NCCCN(C)C)cc1. The zero-order valence-corrected chi connectivity index (χ0v) is 15.9. The Balaban J connectivity index is 1.96. The first-order valence-corrected chi connectivity index (χ1v) is 8.68. The quantitative estimate of drug-likeness (QED) is 0.489. The number of benzene rings is 2. The van der Waals surface area contributed by atoms with E-state index in [4.69, 9.17) is 10.5 Å². The van der Waals surface area contributed by atoms with E-state index >= 15 is 0 Å². The Labute approximate surface area is 159 Å². The third-order valence-corrected chi connectivity index (χ3v) is 3.94. The highest BCUT2D eigenvalue weighted by Crippen LogP contribution is 2.22. The van der Waals surface area contributed by atoms with Crippen molar-refractivity contribution in [3.8, 4) is 5.75 Å². The minimum absolute atomic E-state index is 0.135. The van der Waals surface area contributed by atoms with Crippen LogP contribution in [0.4, 0.5) is 11.4 Å². The van der Waals surface area contributed by atoms with E-state index in [2.05, 4.69) is 15.5 Å². The monoisotopic (exact) mass is 370 g/mol. The summed E-state index contributed by atoms with van der Waals surface area (Å²) in [6.07, 6.45) is 0.884. The number of rotatable bonds is 8. The number of hydrogen-bond acceptors (Lipinski definition) is 5. The molecule has 0 aliphatic rings. The number of carbonyl (C=O) groups is 2. The molecule has 7 nitrogen and oxygen atoms in total. The number of nitrogens with two attached hydrogens (primary N) is 1. The number of nitrogen functional groups attached to an aromatic ring is 1. The van der Waals surface area contributed by atoms with Gasteiger partial charge in [-0.05, 0) is 69.5 Å². The molecular formula is C20H26N4O3. The molecule has 27 heavy (non-hydrogen) atoms. The van der Waals surface area contributed by atoms with Gasteiger partial charge >= 0.3 is 0 Å². The second-order valence-corrected chi connectivity index (χ2v) is 6.40. The average Bonchev–Trinajstić information content (AvgIpc) is 2.65. The molecule has 144 valence electrons. The molecule has 2 amide bonds. The number of nitrogens with one attached hydrogen (secondary N) is 2.